The van der Waals surface area contributed by atoms with Crippen molar-refractivity contribution in [2.24, 2.45) is 0 Å². The molecule has 2 aromatic heterocycles. The van der Waals surface area contributed by atoms with Gasteiger partial charge in [-0.15, -0.1) is 0 Å². The van der Waals surface area contributed by atoms with E-state index in [1.54, 1.807) is 13.8 Å². The van der Waals surface area contributed by atoms with Crippen LogP contribution in [0.5, 0.6) is 0 Å². The van der Waals surface area contributed by atoms with Crippen molar-refractivity contribution in [3.63, 3.8) is 0 Å². The average molecular weight is 374 g/mol. The lowest BCUT2D eigenvalue weighted by Crippen LogP contribution is -2.24. The average Bonchev–Trinajstić information content (AvgIpc) is 2.98. The number of aromatic nitrogens is 3. The van der Waals surface area contributed by atoms with E-state index < -0.39 is 0 Å². The van der Waals surface area contributed by atoms with Crippen LogP contribution >= 0.6 is 0 Å². The molecule has 0 radical (unpaired) electrons. The zero-order valence-corrected chi connectivity index (χ0v) is 16.2. The highest BCUT2D eigenvalue weighted by atomic mass is 16.2. The summed E-state index contributed by atoms with van der Waals surface area (Å²) < 4.78 is 2.26. The zero-order valence-electron chi connectivity index (χ0n) is 16.2. The topological polar surface area (TPSA) is 79.8 Å². The summed E-state index contributed by atoms with van der Waals surface area (Å²) in [6.45, 7) is 6.46. The number of benzene rings is 2. The Morgan fingerprint density at radius 1 is 1.11 bits per heavy atom. The minimum Gasteiger partial charge on any atom is -0.341 e. The number of fused-ring (bicyclic) bond motifs is 3. The predicted molar refractivity (Wildman–Crippen MR) is 112 cm³/mol. The molecule has 0 aliphatic rings. The van der Waals surface area contributed by atoms with Gasteiger partial charge in [0, 0.05) is 45.3 Å². The molecule has 28 heavy (non-hydrogen) atoms. The minimum atomic E-state index is -0.262. The fourth-order valence-electron chi connectivity index (χ4n) is 3.80. The molecular weight excluding hydrogens is 352 g/mol. The maximum atomic E-state index is 12.5. The largest absolute Gasteiger partial charge is 0.341 e. The third-order valence-corrected chi connectivity index (χ3v) is 5.05. The van der Waals surface area contributed by atoms with Gasteiger partial charge in [0.15, 0.2) is 0 Å². The van der Waals surface area contributed by atoms with Crippen molar-refractivity contribution in [2.45, 2.75) is 33.7 Å². The highest BCUT2D eigenvalue weighted by Crippen LogP contribution is 2.31. The van der Waals surface area contributed by atoms with Crippen LogP contribution in [-0.2, 0) is 17.8 Å². The monoisotopic (exact) mass is 374 g/mol. The molecule has 2 heterocycles. The summed E-state index contributed by atoms with van der Waals surface area (Å²) in [5.74, 6) is 0.308. The molecule has 0 bridgehead atoms. The number of nitrogens with zero attached hydrogens (tertiary/aromatic N) is 2. The Hall–Kier alpha value is -3.41. The first-order chi connectivity index (χ1) is 13.5. The molecule has 0 saturated carbocycles. The van der Waals surface area contributed by atoms with Gasteiger partial charge in [0.2, 0.25) is 5.91 Å². The van der Waals surface area contributed by atoms with Crippen molar-refractivity contribution in [3.05, 3.63) is 69.9 Å². The van der Waals surface area contributed by atoms with Gasteiger partial charge >= 0.3 is 0 Å². The number of carbonyl (C=O) groups excluding carboxylic acids is 1. The Kier molecular flexibility index (Phi) is 4.47. The standard InChI is InChI=1S/C22H22N4O2/c1-4-26-19-8-6-5-7-16(19)18-11-15(9-10-20(18)26)25-21(27)12-17-13(2)23-14(3)24-22(17)28/h5-11H,4,12H2,1-3H3,(H,25,27)(H,23,24,28). The molecule has 4 rings (SSSR count). The number of carbonyl (C=O) groups is 1. The lowest BCUT2D eigenvalue weighted by molar-refractivity contribution is -0.115. The number of amides is 1. The lowest BCUT2D eigenvalue weighted by atomic mass is 10.1. The quantitative estimate of drug-likeness (QED) is 0.572. The smallest absolute Gasteiger partial charge is 0.254 e. The van der Waals surface area contributed by atoms with Crippen molar-refractivity contribution in [1.29, 1.82) is 0 Å². The van der Waals surface area contributed by atoms with E-state index in [2.05, 4.69) is 38.9 Å². The van der Waals surface area contributed by atoms with Crippen LogP contribution in [0.15, 0.2) is 47.3 Å². The number of anilines is 1. The van der Waals surface area contributed by atoms with E-state index in [9.17, 15) is 9.59 Å². The van der Waals surface area contributed by atoms with Gasteiger partial charge in [-0.05, 0) is 45.0 Å². The first-order valence-electron chi connectivity index (χ1n) is 9.35. The number of H-pyrrole nitrogens is 1. The molecule has 2 N–H and O–H groups in total. The molecule has 4 aromatic rings. The van der Waals surface area contributed by atoms with E-state index in [0.29, 0.717) is 22.8 Å². The second kappa shape index (κ2) is 6.96. The van der Waals surface area contributed by atoms with Crippen LogP contribution in [0.1, 0.15) is 24.0 Å². The minimum absolute atomic E-state index is 0.0107. The summed E-state index contributed by atoms with van der Waals surface area (Å²) in [5.41, 5.74) is 3.74. The van der Waals surface area contributed by atoms with Crippen LogP contribution in [0, 0.1) is 13.8 Å². The van der Waals surface area contributed by atoms with Gasteiger partial charge in [-0.2, -0.15) is 0 Å². The molecule has 0 fully saturated rings. The van der Waals surface area contributed by atoms with Gasteiger partial charge < -0.3 is 14.9 Å². The first kappa shape index (κ1) is 18.0. The first-order valence-corrected chi connectivity index (χ1v) is 9.35. The number of aromatic amines is 1. The number of hydrogen-bond acceptors (Lipinski definition) is 3. The third-order valence-electron chi connectivity index (χ3n) is 5.05. The molecule has 0 saturated heterocycles. The fraction of sp³-hybridized carbons (Fsp3) is 0.227. The molecule has 142 valence electrons. The van der Waals surface area contributed by atoms with Gasteiger partial charge in [-0.25, -0.2) is 4.98 Å². The van der Waals surface area contributed by atoms with Crippen molar-refractivity contribution >= 4 is 33.4 Å². The van der Waals surface area contributed by atoms with E-state index in [-0.39, 0.29) is 17.9 Å². The van der Waals surface area contributed by atoms with Crippen LogP contribution < -0.4 is 10.9 Å². The maximum absolute atomic E-state index is 12.5. The third kappa shape index (κ3) is 3.07. The van der Waals surface area contributed by atoms with E-state index in [1.807, 2.05) is 30.3 Å². The molecule has 6 nitrogen and oxygen atoms in total. The Balaban J connectivity index is 1.66. The highest BCUT2D eigenvalue weighted by Gasteiger charge is 2.14. The lowest BCUT2D eigenvalue weighted by Gasteiger charge is -2.08. The van der Waals surface area contributed by atoms with Gasteiger partial charge in [-0.3, -0.25) is 9.59 Å². The van der Waals surface area contributed by atoms with Gasteiger partial charge in [0.1, 0.15) is 5.82 Å². The van der Waals surface area contributed by atoms with Crippen LogP contribution in [0.25, 0.3) is 21.8 Å². The number of rotatable bonds is 4. The number of nitrogens with one attached hydrogen (secondary N) is 2. The second-order valence-corrected chi connectivity index (χ2v) is 6.93. The Bertz CT molecular complexity index is 1270. The van der Waals surface area contributed by atoms with Crippen molar-refractivity contribution < 1.29 is 4.79 Å². The normalized spacial score (nSPS) is 11.2. The summed E-state index contributed by atoms with van der Waals surface area (Å²) in [7, 11) is 0. The summed E-state index contributed by atoms with van der Waals surface area (Å²) in [6, 6.07) is 14.2. The molecule has 6 heteroatoms. The molecule has 2 aromatic carbocycles. The Morgan fingerprint density at radius 2 is 1.86 bits per heavy atom. The predicted octanol–water partition coefficient (Wildman–Crippen LogP) is 3.70. The number of para-hydroxylation sites is 1. The van der Waals surface area contributed by atoms with E-state index in [0.717, 1.165) is 22.8 Å². The van der Waals surface area contributed by atoms with Crippen LogP contribution in [0.4, 0.5) is 5.69 Å². The Morgan fingerprint density at radius 3 is 2.61 bits per heavy atom. The molecule has 0 spiro atoms. The Labute approximate surface area is 162 Å². The van der Waals surface area contributed by atoms with Crippen LogP contribution in [0.3, 0.4) is 0 Å². The molecule has 0 aliphatic heterocycles. The summed E-state index contributed by atoms with van der Waals surface area (Å²) in [6.07, 6.45) is -0.0107. The van der Waals surface area contributed by atoms with Gasteiger partial charge in [0.05, 0.1) is 6.42 Å². The SMILES string of the molecule is CCn1c2ccccc2c2cc(NC(=O)Cc3c(C)nc(C)[nH]c3=O)ccc21. The van der Waals surface area contributed by atoms with Crippen molar-refractivity contribution in [3.8, 4) is 0 Å². The molecule has 1 amide bonds. The molecule has 0 unspecified atom stereocenters. The highest BCUT2D eigenvalue weighted by molar-refractivity contribution is 6.09. The summed E-state index contributed by atoms with van der Waals surface area (Å²) >= 11 is 0. The fourth-order valence-corrected chi connectivity index (χ4v) is 3.80. The summed E-state index contributed by atoms with van der Waals surface area (Å²) in [4.78, 5) is 31.6. The molecule has 0 atom stereocenters. The van der Waals surface area contributed by atoms with Crippen LogP contribution in [-0.4, -0.2) is 20.4 Å². The second-order valence-electron chi connectivity index (χ2n) is 6.93. The van der Waals surface area contributed by atoms with E-state index in [4.69, 9.17) is 0 Å². The zero-order chi connectivity index (χ0) is 19.8. The van der Waals surface area contributed by atoms with Gasteiger partial charge in [0.25, 0.3) is 5.56 Å². The molecule has 0 aliphatic carbocycles. The number of hydrogen-bond donors (Lipinski definition) is 2. The van der Waals surface area contributed by atoms with Gasteiger partial charge in [-0.1, -0.05) is 18.2 Å². The van der Waals surface area contributed by atoms with Crippen molar-refractivity contribution in [2.75, 3.05) is 5.32 Å². The summed E-state index contributed by atoms with van der Waals surface area (Å²) in [5, 5.41) is 5.17. The van der Waals surface area contributed by atoms with Crippen molar-refractivity contribution in [1.82, 2.24) is 14.5 Å². The van der Waals surface area contributed by atoms with E-state index in [1.165, 1.54) is 5.52 Å². The number of aryl methyl sites for hydroxylation is 3. The van der Waals surface area contributed by atoms with Crippen LogP contribution in [0.2, 0.25) is 0 Å². The maximum Gasteiger partial charge on any atom is 0.254 e. The van der Waals surface area contributed by atoms with E-state index >= 15 is 0 Å². The molecular formula is C22H22N4O2.